The first-order valence-corrected chi connectivity index (χ1v) is 6.25. The Bertz CT molecular complexity index is 314. The summed E-state index contributed by atoms with van der Waals surface area (Å²) in [6.45, 7) is 10.1. The third-order valence-corrected chi connectivity index (χ3v) is 5.83. The molecule has 4 aliphatic carbocycles. The van der Waals surface area contributed by atoms with Crippen molar-refractivity contribution >= 4 is 0 Å². The molecule has 15 heavy (non-hydrogen) atoms. The first kappa shape index (κ1) is 9.74. The predicted molar refractivity (Wildman–Crippen MR) is 61.3 cm³/mol. The summed E-state index contributed by atoms with van der Waals surface area (Å²) < 4.78 is 5.78. The Balaban J connectivity index is 1.73. The third kappa shape index (κ3) is 0.951. The van der Waals surface area contributed by atoms with Crippen LogP contribution in [0.15, 0.2) is 11.8 Å². The normalized spacial score (nSPS) is 54.3. The molecule has 0 radical (unpaired) electrons. The van der Waals surface area contributed by atoms with Gasteiger partial charge in [-0.15, -0.1) is 0 Å². The van der Waals surface area contributed by atoms with Crippen LogP contribution in [0.2, 0.25) is 0 Å². The highest BCUT2D eigenvalue weighted by Crippen LogP contribution is 2.86. The van der Waals surface area contributed by atoms with Crippen molar-refractivity contribution in [3.8, 4) is 0 Å². The molecule has 0 amide bonds. The van der Waals surface area contributed by atoms with Gasteiger partial charge in [0.25, 0.3) is 0 Å². The summed E-state index contributed by atoms with van der Waals surface area (Å²) in [7, 11) is 0. The van der Waals surface area contributed by atoms with Crippen LogP contribution < -0.4 is 0 Å². The number of hydrogen-bond donors (Lipinski definition) is 0. The van der Waals surface area contributed by atoms with E-state index in [1.807, 2.05) is 6.26 Å². The second kappa shape index (κ2) is 2.61. The van der Waals surface area contributed by atoms with Gasteiger partial charge in [0.2, 0.25) is 0 Å². The van der Waals surface area contributed by atoms with Crippen LogP contribution in [0.5, 0.6) is 0 Å². The van der Waals surface area contributed by atoms with Crippen LogP contribution in [0.25, 0.3) is 0 Å². The Kier molecular flexibility index (Phi) is 1.70. The molecule has 0 aromatic carbocycles. The van der Waals surface area contributed by atoms with E-state index in [-0.39, 0.29) is 0 Å². The summed E-state index contributed by atoms with van der Waals surface area (Å²) in [5.74, 6) is 3.04. The minimum Gasteiger partial charge on any atom is -0.501 e. The lowest BCUT2D eigenvalue weighted by Crippen LogP contribution is -2.32. The van der Waals surface area contributed by atoms with Gasteiger partial charge < -0.3 is 4.74 Å². The van der Waals surface area contributed by atoms with Gasteiger partial charge in [-0.1, -0.05) is 13.8 Å². The molecule has 84 valence electrons. The molecular formula is C14H22O. The first-order valence-electron chi connectivity index (χ1n) is 6.25. The summed E-state index contributed by atoms with van der Waals surface area (Å²) >= 11 is 0. The SMILES string of the molecule is CC(C)=COC[C@]1(C)C2C[C@@H]3[C@@H](C2)C31C. The van der Waals surface area contributed by atoms with Crippen molar-refractivity contribution in [1.29, 1.82) is 0 Å². The van der Waals surface area contributed by atoms with E-state index in [1.54, 1.807) is 0 Å². The highest BCUT2D eigenvalue weighted by molar-refractivity contribution is 5.29. The lowest BCUT2D eigenvalue weighted by atomic mass is 9.75. The summed E-state index contributed by atoms with van der Waals surface area (Å²) in [6, 6.07) is 0. The molecule has 0 spiro atoms. The van der Waals surface area contributed by atoms with Crippen molar-refractivity contribution in [1.82, 2.24) is 0 Å². The second-order valence-corrected chi connectivity index (χ2v) is 6.59. The van der Waals surface area contributed by atoms with Crippen molar-refractivity contribution in [2.75, 3.05) is 6.61 Å². The fourth-order valence-corrected chi connectivity index (χ4v) is 4.69. The van der Waals surface area contributed by atoms with E-state index >= 15 is 0 Å². The van der Waals surface area contributed by atoms with Crippen molar-refractivity contribution in [2.24, 2.45) is 28.6 Å². The molecule has 0 aromatic rings. The molecule has 4 fully saturated rings. The molecule has 0 N–H and O–H groups in total. The highest BCUT2D eigenvalue weighted by Gasteiger charge is 2.81. The van der Waals surface area contributed by atoms with E-state index in [0.29, 0.717) is 10.8 Å². The van der Waals surface area contributed by atoms with Crippen LogP contribution in [0.3, 0.4) is 0 Å². The number of allylic oxidation sites excluding steroid dienone is 1. The maximum absolute atomic E-state index is 5.78. The zero-order valence-corrected chi connectivity index (χ0v) is 10.3. The van der Waals surface area contributed by atoms with E-state index in [2.05, 4.69) is 27.7 Å². The highest BCUT2D eigenvalue weighted by atomic mass is 16.5. The van der Waals surface area contributed by atoms with Crippen LogP contribution in [-0.2, 0) is 4.74 Å². The Morgan fingerprint density at radius 3 is 2.27 bits per heavy atom. The molecule has 3 atom stereocenters. The molecule has 4 bridgehead atoms. The second-order valence-electron chi connectivity index (χ2n) is 6.59. The zero-order chi connectivity index (χ0) is 10.8. The topological polar surface area (TPSA) is 9.23 Å². The van der Waals surface area contributed by atoms with Gasteiger partial charge in [0.15, 0.2) is 0 Å². The van der Waals surface area contributed by atoms with Crippen molar-refractivity contribution in [3.05, 3.63) is 11.8 Å². The quantitative estimate of drug-likeness (QED) is 0.641. The molecule has 1 nitrogen and oxygen atoms in total. The Hall–Kier alpha value is -0.460. The number of rotatable bonds is 3. The van der Waals surface area contributed by atoms with Crippen LogP contribution in [0.4, 0.5) is 0 Å². The molecular weight excluding hydrogens is 184 g/mol. The van der Waals surface area contributed by atoms with Crippen LogP contribution in [-0.4, -0.2) is 6.61 Å². The number of hydrogen-bond acceptors (Lipinski definition) is 1. The van der Waals surface area contributed by atoms with Gasteiger partial charge in [-0.05, 0) is 55.4 Å². The molecule has 0 aromatic heterocycles. The molecule has 4 aliphatic rings. The summed E-state index contributed by atoms with van der Waals surface area (Å²) in [6.07, 6.45) is 4.90. The van der Waals surface area contributed by atoms with Gasteiger partial charge in [-0.2, -0.15) is 0 Å². The van der Waals surface area contributed by atoms with Gasteiger partial charge in [-0.25, -0.2) is 0 Å². The van der Waals surface area contributed by atoms with Gasteiger partial charge >= 0.3 is 0 Å². The molecule has 0 heterocycles. The predicted octanol–water partition coefficient (Wildman–Crippen LogP) is 3.61. The fraction of sp³-hybridized carbons (Fsp3) is 0.857. The first-order chi connectivity index (χ1) is 7.00. The number of ether oxygens (including phenoxy) is 1. The molecule has 4 saturated carbocycles. The van der Waals surface area contributed by atoms with Crippen molar-refractivity contribution in [3.63, 3.8) is 0 Å². The van der Waals surface area contributed by atoms with Crippen molar-refractivity contribution < 1.29 is 4.74 Å². The van der Waals surface area contributed by atoms with Crippen LogP contribution in [0.1, 0.15) is 40.5 Å². The summed E-state index contributed by atoms with van der Waals surface area (Å²) in [5, 5.41) is 0. The van der Waals surface area contributed by atoms with E-state index in [1.165, 1.54) is 18.4 Å². The Morgan fingerprint density at radius 1 is 1.27 bits per heavy atom. The summed E-state index contributed by atoms with van der Waals surface area (Å²) in [4.78, 5) is 0. The average Bonchev–Trinajstić information content (AvgIpc) is 2.53. The fourth-order valence-electron chi connectivity index (χ4n) is 4.69. The van der Waals surface area contributed by atoms with E-state index in [0.717, 1.165) is 24.4 Å². The van der Waals surface area contributed by atoms with Crippen LogP contribution >= 0.6 is 0 Å². The minimum atomic E-state index is 0.467. The Labute approximate surface area is 92.9 Å². The van der Waals surface area contributed by atoms with Gasteiger partial charge in [0.1, 0.15) is 0 Å². The van der Waals surface area contributed by atoms with Crippen LogP contribution in [0, 0.1) is 28.6 Å². The maximum atomic E-state index is 5.78. The molecule has 1 heteroatoms. The molecule has 0 saturated heterocycles. The molecule has 4 rings (SSSR count). The summed E-state index contributed by atoms with van der Waals surface area (Å²) in [5.41, 5.74) is 2.36. The third-order valence-electron chi connectivity index (χ3n) is 5.83. The molecule has 0 unspecified atom stereocenters. The van der Waals surface area contributed by atoms with E-state index in [4.69, 9.17) is 4.74 Å². The minimum absolute atomic E-state index is 0.467. The maximum Gasteiger partial charge on any atom is 0.0934 e. The van der Waals surface area contributed by atoms with Crippen molar-refractivity contribution in [2.45, 2.75) is 40.5 Å². The van der Waals surface area contributed by atoms with Gasteiger partial charge in [-0.3, -0.25) is 0 Å². The lowest BCUT2D eigenvalue weighted by molar-refractivity contribution is 0.0541. The monoisotopic (exact) mass is 206 g/mol. The molecule has 0 aliphatic heterocycles. The smallest absolute Gasteiger partial charge is 0.0934 e. The van der Waals surface area contributed by atoms with E-state index in [9.17, 15) is 0 Å². The zero-order valence-electron chi connectivity index (χ0n) is 10.3. The standard InChI is InChI=1S/C14H22O/c1-9(2)7-15-8-13(3)10-5-11-12(6-10)14(11,13)4/h7,10-12H,5-6,8H2,1-4H3/t10?,11-,12-,13-,14?/m1/s1. The Morgan fingerprint density at radius 2 is 1.87 bits per heavy atom. The lowest BCUT2D eigenvalue weighted by Gasteiger charge is -2.33. The van der Waals surface area contributed by atoms with E-state index < -0.39 is 0 Å². The average molecular weight is 206 g/mol. The largest absolute Gasteiger partial charge is 0.501 e. The van der Waals surface area contributed by atoms with Gasteiger partial charge in [0, 0.05) is 5.41 Å². The van der Waals surface area contributed by atoms with Gasteiger partial charge in [0.05, 0.1) is 12.9 Å².